The molecule has 0 aromatic carbocycles. The SMILES string of the molecule is CC(C)CNC(=O)NCC1CCC(CNC(=O)Cc2cccs2)CC1. The molecular formula is C19H31N3O2S. The van der Waals surface area contributed by atoms with E-state index in [2.05, 4.69) is 29.8 Å². The molecule has 5 nitrogen and oxygen atoms in total. The lowest BCUT2D eigenvalue weighted by Crippen LogP contribution is -2.40. The lowest BCUT2D eigenvalue weighted by atomic mass is 9.82. The van der Waals surface area contributed by atoms with E-state index in [0.29, 0.717) is 30.7 Å². The molecule has 1 fully saturated rings. The second-order valence-electron chi connectivity index (χ2n) is 7.43. The first-order valence-corrected chi connectivity index (χ1v) is 10.2. The number of nitrogens with one attached hydrogen (secondary N) is 3. The van der Waals surface area contributed by atoms with Crippen molar-refractivity contribution in [3.63, 3.8) is 0 Å². The average Bonchev–Trinajstić information content (AvgIpc) is 3.10. The van der Waals surface area contributed by atoms with Crippen molar-refractivity contribution in [1.82, 2.24) is 16.0 Å². The molecule has 1 aromatic heterocycles. The molecule has 25 heavy (non-hydrogen) atoms. The topological polar surface area (TPSA) is 70.2 Å². The molecule has 1 heterocycles. The summed E-state index contributed by atoms with van der Waals surface area (Å²) >= 11 is 1.63. The second kappa shape index (κ2) is 10.4. The lowest BCUT2D eigenvalue weighted by Gasteiger charge is -2.28. The number of amides is 3. The lowest BCUT2D eigenvalue weighted by molar-refractivity contribution is -0.120. The van der Waals surface area contributed by atoms with Gasteiger partial charge in [0.15, 0.2) is 0 Å². The van der Waals surface area contributed by atoms with Gasteiger partial charge in [-0.3, -0.25) is 4.79 Å². The molecule has 0 spiro atoms. The normalized spacial score (nSPS) is 20.3. The first-order valence-electron chi connectivity index (χ1n) is 9.33. The predicted molar refractivity (Wildman–Crippen MR) is 103 cm³/mol. The number of hydrogen-bond acceptors (Lipinski definition) is 3. The zero-order valence-electron chi connectivity index (χ0n) is 15.3. The Kier molecular flexibility index (Phi) is 8.25. The fraction of sp³-hybridized carbons (Fsp3) is 0.684. The van der Waals surface area contributed by atoms with E-state index >= 15 is 0 Å². The third-order valence-electron chi connectivity index (χ3n) is 4.69. The number of hydrogen-bond donors (Lipinski definition) is 3. The van der Waals surface area contributed by atoms with Gasteiger partial charge in [0.25, 0.3) is 0 Å². The van der Waals surface area contributed by atoms with Crippen LogP contribution in [-0.4, -0.2) is 31.6 Å². The minimum Gasteiger partial charge on any atom is -0.356 e. The van der Waals surface area contributed by atoms with Gasteiger partial charge in [-0.05, 0) is 54.9 Å². The van der Waals surface area contributed by atoms with Gasteiger partial charge in [-0.2, -0.15) is 0 Å². The van der Waals surface area contributed by atoms with Crippen molar-refractivity contribution >= 4 is 23.3 Å². The predicted octanol–water partition coefficient (Wildman–Crippen LogP) is 3.17. The first kappa shape index (κ1) is 19.8. The van der Waals surface area contributed by atoms with Gasteiger partial charge in [0.05, 0.1) is 6.42 Å². The van der Waals surface area contributed by atoms with Crippen molar-refractivity contribution in [1.29, 1.82) is 0 Å². The quantitative estimate of drug-likeness (QED) is 0.662. The maximum Gasteiger partial charge on any atom is 0.314 e. The standard InChI is InChI=1S/C19H31N3O2S/c1-14(2)11-21-19(24)22-13-16-7-5-15(6-8-16)12-20-18(23)10-17-4-3-9-25-17/h3-4,9,14-16H,5-8,10-13H2,1-2H3,(H,20,23)(H2,21,22,24). The molecule has 1 aliphatic carbocycles. The van der Waals surface area contributed by atoms with E-state index in [1.54, 1.807) is 11.3 Å². The van der Waals surface area contributed by atoms with Crippen molar-refractivity contribution in [3.8, 4) is 0 Å². The van der Waals surface area contributed by atoms with E-state index in [0.717, 1.165) is 43.6 Å². The molecule has 1 saturated carbocycles. The van der Waals surface area contributed by atoms with E-state index in [9.17, 15) is 9.59 Å². The molecule has 0 aliphatic heterocycles. The number of rotatable bonds is 8. The van der Waals surface area contributed by atoms with Crippen molar-refractivity contribution in [2.75, 3.05) is 19.6 Å². The molecule has 6 heteroatoms. The van der Waals surface area contributed by atoms with E-state index in [1.165, 1.54) is 0 Å². The maximum absolute atomic E-state index is 11.9. The average molecular weight is 366 g/mol. The van der Waals surface area contributed by atoms with Crippen LogP contribution in [-0.2, 0) is 11.2 Å². The zero-order chi connectivity index (χ0) is 18.1. The van der Waals surface area contributed by atoms with Gasteiger partial charge in [0.1, 0.15) is 0 Å². The van der Waals surface area contributed by atoms with Gasteiger partial charge in [-0.25, -0.2) is 4.79 Å². The van der Waals surface area contributed by atoms with E-state index in [4.69, 9.17) is 0 Å². The highest BCUT2D eigenvalue weighted by Gasteiger charge is 2.22. The van der Waals surface area contributed by atoms with Crippen molar-refractivity contribution in [2.24, 2.45) is 17.8 Å². The minimum absolute atomic E-state index is 0.0586. The number of carbonyl (C=O) groups is 2. The molecule has 3 N–H and O–H groups in total. The molecule has 1 aromatic rings. The summed E-state index contributed by atoms with van der Waals surface area (Å²) in [4.78, 5) is 24.8. The summed E-state index contributed by atoms with van der Waals surface area (Å²) in [5.41, 5.74) is 0. The molecule has 1 aliphatic rings. The summed E-state index contributed by atoms with van der Waals surface area (Å²) in [6.45, 7) is 6.41. The summed E-state index contributed by atoms with van der Waals surface area (Å²) in [5.74, 6) is 1.71. The van der Waals surface area contributed by atoms with Gasteiger partial charge < -0.3 is 16.0 Å². The summed E-state index contributed by atoms with van der Waals surface area (Å²) in [7, 11) is 0. The van der Waals surface area contributed by atoms with Crippen LogP contribution in [0.2, 0.25) is 0 Å². The number of carbonyl (C=O) groups excluding carboxylic acids is 2. The molecule has 3 amide bonds. The Bertz CT molecular complexity index is 523. The monoisotopic (exact) mass is 365 g/mol. The van der Waals surface area contributed by atoms with Crippen molar-refractivity contribution < 1.29 is 9.59 Å². The summed E-state index contributed by atoms with van der Waals surface area (Å²) < 4.78 is 0. The van der Waals surface area contributed by atoms with Crippen LogP contribution in [0.5, 0.6) is 0 Å². The number of thiophene rings is 1. The number of urea groups is 1. The van der Waals surface area contributed by atoms with E-state index in [1.807, 2.05) is 17.5 Å². The van der Waals surface area contributed by atoms with Gasteiger partial charge in [0, 0.05) is 24.5 Å². The molecule has 140 valence electrons. The van der Waals surface area contributed by atoms with Crippen molar-refractivity contribution in [2.45, 2.75) is 46.0 Å². The van der Waals surface area contributed by atoms with Gasteiger partial charge in [-0.1, -0.05) is 19.9 Å². The first-order chi connectivity index (χ1) is 12.0. The smallest absolute Gasteiger partial charge is 0.314 e. The van der Waals surface area contributed by atoms with Crippen LogP contribution < -0.4 is 16.0 Å². The van der Waals surface area contributed by atoms with Gasteiger partial charge >= 0.3 is 6.03 Å². The zero-order valence-corrected chi connectivity index (χ0v) is 16.2. The Balaban J connectivity index is 1.55. The Morgan fingerprint density at radius 3 is 2.28 bits per heavy atom. The highest BCUT2D eigenvalue weighted by Crippen LogP contribution is 2.27. The Labute approximate surface area is 155 Å². The Morgan fingerprint density at radius 2 is 1.72 bits per heavy atom. The summed E-state index contributed by atoms with van der Waals surface area (Å²) in [5, 5.41) is 10.9. The Hall–Kier alpha value is -1.56. The van der Waals surface area contributed by atoms with Crippen LogP contribution in [0.15, 0.2) is 17.5 Å². The molecular weight excluding hydrogens is 334 g/mol. The van der Waals surface area contributed by atoms with Crippen LogP contribution in [0.25, 0.3) is 0 Å². The molecule has 0 bridgehead atoms. The minimum atomic E-state index is -0.0586. The molecule has 0 radical (unpaired) electrons. The van der Waals surface area contributed by atoms with Crippen molar-refractivity contribution in [3.05, 3.63) is 22.4 Å². The van der Waals surface area contributed by atoms with Gasteiger partial charge in [0.2, 0.25) is 5.91 Å². The molecule has 0 unspecified atom stereocenters. The van der Waals surface area contributed by atoms with Crippen LogP contribution in [0.3, 0.4) is 0 Å². The highest BCUT2D eigenvalue weighted by atomic mass is 32.1. The Morgan fingerprint density at radius 1 is 1.08 bits per heavy atom. The van der Waals surface area contributed by atoms with E-state index in [-0.39, 0.29) is 11.9 Å². The maximum atomic E-state index is 11.9. The fourth-order valence-corrected chi connectivity index (χ4v) is 3.83. The third-order valence-corrected chi connectivity index (χ3v) is 5.57. The third kappa shape index (κ3) is 7.90. The van der Waals surface area contributed by atoms with Crippen LogP contribution in [0.4, 0.5) is 4.79 Å². The molecule has 0 saturated heterocycles. The highest BCUT2D eigenvalue weighted by molar-refractivity contribution is 7.10. The van der Waals surface area contributed by atoms with Crippen LogP contribution in [0, 0.1) is 17.8 Å². The molecule has 2 rings (SSSR count). The summed E-state index contributed by atoms with van der Waals surface area (Å²) in [6.07, 6.45) is 4.98. The summed E-state index contributed by atoms with van der Waals surface area (Å²) in [6, 6.07) is 3.92. The fourth-order valence-electron chi connectivity index (χ4n) is 3.13. The largest absolute Gasteiger partial charge is 0.356 e. The second-order valence-corrected chi connectivity index (χ2v) is 8.46. The molecule has 0 atom stereocenters. The van der Waals surface area contributed by atoms with Crippen LogP contribution >= 0.6 is 11.3 Å². The van der Waals surface area contributed by atoms with Gasteiger partial charge in [-0.15, -0.1) is 11.3 Å². The van der Waals surface area contributed by atoms with E-state index < -0.39 is 0 Å². The van der Waals surface area contributed by atoms with Crippen LogP contribution in [0.1, 0.15) is 44.4 Å².